The average molecular weight is 333 g/mol. The third-order valence-electron chi connectivity index (χ3n) is 4.96. The van der Waals surface area contributed by atoms with Crippen molar-refractivity contribution in [3.05, 3.63) is 71.4 Å². The molecule has 0 fully saturated rings. The Labute approximate surface area is 145 Å². The summed E-state index contributed by atoms with van der Waals surface area (Å²) in [5.74, 6) is -0.904. The molecule has 1 aromatic heterocycles. The van der Waals surface area contributed by atoms with Crippen LogP contribution in [0, 0.1) is 5.92 Å². The highest BCUT2D eigenvalue weighted by Gasteiger charge is 2.31. The zero-order valence-corrected chi connectivity index (χ0v) is 13.8. The van der Waals surface area contributed by atoms with E-state index in [0.717, 1.165) is 22.2 Å². The number of Topliss-reactive ketones (excluding diaryl/α,β-unsaturated/α-hetero) is 1. The summed E-state index contributed by atoms with van der Waals surface area (Å²) in [4.78, 5) is 23.9. The molecule has 126 valence electrons. The summed E-state index contributed by atoms with van der Waals surface area (Å²) in [6.45, 7) is 0.684. The van der Waals surface area contributed by atoms with Gasteiger partial charge in [-0.1, -0.05) is 48.5 Å². The zero-order chi connectivity index (χ0) is 17.4. The molecule has 0 bridgehead atoms. The standard InChI is InChI=1S/C21H19NO3/c23-19-11-15(12-20(24)25)10-18-21(19)16-8-4-5-9-17(16)22(18)13-14-6-2-1-3-7-14/h1-9,15H,10-13H2,(H,24,25). The Balaban J connectivity index is 1.85. The van der Waals surface area contributed by atoms with Gasteiger partial charge in [-0.15, -0.1) is 0 Å². The third-order valence-corrected chi connectivity index (χ3v) is 4.96. The number of nitrogens with zero attached hydrogens (tertiary/aromatic N) is 1. The maximum atomic E-state index is 12.8. The number of hydrogen-bond donors (Lipinski definition) is 1. The van der Waals surface area contributed by atoms with Crippen molar-refractivity contribution < 1.29 is 14.7 Å². The minimum Gasteiger partial charge on any atom is -0.481 e. The van der Waals surface area contributed by atoms with Gasteiger partial charge in [0.25, 0.3) is 0 Å². The van der Waals surface area contributed by atoms with E-state index < -0.39 is 5.97 Å². The Kier molecular flexibility index (Phi) is 3.88. The normalized spacial score (nSPS) is 16.8. The number of carbonyl (C=O) groups is 2. The molecule has 25 heavy (non-hydrogen) atoms. The molecule has 0 saturated heterocycles. The number of carboxylic acid groups (broad SMARTS) is 1. The molecule has 0 saturated carbocycles. The van der Waals surface area contributed by atoms with E-state index in [1.54, 1.807) is 0 Å². The highest BCUT2D eigenvalue weighted by atomic mass is 16.4. The minimum absolute atomic E-state index is 0.0397. The van der Waals surface area contributed by atoms with Gasteiger partial charge in [-0.2, -0.15) is 0 Å². The molecular weight excluding hydrogens is 314 g/mol. The van der Waals surface area contributed by atoms with Gasteiger partial charge in [-0.05, 0) is 24.0 Å². The van der Waals surface area contributed by atoms with Crippen molar-refractivity contribution in [2.24, 2.45) is 5.92 Å². The molecule has 4 nitrogen and oxygen atoms in total. The molecule has 0 aliphatic heterocycles. The van der Waals surface area contributed by atoms with Gasteiger partial charge >= 0.3 is 5.97 Å². The van der Waals surface area contributed by atoms with E-state index in [1.807, 2.05) is 42.5 Å². The Hall–Kier alpha value is -2.88. The first kappa shape index (κ1) is 15.6. The molecule has 0 radical (unpaired) electrons. The summed E-state index contributed by atoms with van der Waals surface area (Å²) in [5, 5.41) is 10.1. The van der Waals surface area contributed by atoms with Gasteiger partial charge < -0.3 is 9.67 Å². The van der Waals surface area contributed by atoms with Gasteiger partial charge in [0.15, 0.2) is 5.78 Å². The molecule has 4 rings (SSSR count). The fourth-order valence-corrected chi connectivity index (χ4v) is 3.93. The van der Waals surface area contributed by atoms with Gasteiger partial charge in [0, 0.05) is 41.5 Å². The van der Waals surface area contributed by atoms with Crippen LogP contribution in [0.1, 0.15) is 34.5 Å². The van der Waals surface area contributed by atoms with Crippen LogP contribution in [-0.2, 0) is 17.8 Å². The second kappa shape index (κ2) is 6.20. The highest BCUT2D eigenvalue weighted by Crippen LogP contribution is 2.35. The van der Waals surface area contributed by atoms with Crippen molar-refractivity contribution in [1.29, 1.82) is 0 Å². The predicted octanol–water partition coefficient (Wildman–Crippen LogP) is 3.91. The number of aromatic nitrogens is 1. The lowest BCUT2D eigenvalue weighted by atomic mass is 9.84. The molecule has 1 aliphatic carbocycles. The summed E-state index contributed by atoms with van der Waals surface area (Å²) < 4.78 is 2.19. The Morgan fingerprint density at radius 1 is 1.04 bits per heavy atom. The van der Waals surface area contributed by atoms with Crippen LogP contribution in [0.25, 0.3) is 10.9 Å². The van der Waals surface area contributed by atoms with Gasteiger partial charge in [0.1, 0.15) is 0 Å². The van der Waals surface area contributed by atoms with E-state index >= 15 is 0 Å². The first-order valence-corrected chi connectivity index (χ1v) is 8.52. The van der Waals surface area contributed by atoms with Gasteiger partial charge in [0.05, 0.1) is 0 Å². The second-order valence-electron chi connectivity index (χ2n) is 6.71. The van der Waals surface area contributed by atoms with Gasteiger partial charge in [-0.3, -0.25) is 9.59 Å². The van der Waals surface area contributed by atoms with Crippen molar-refractivity contribution in [2.75, 3.05) is 0 Å². The monoisotopic (exact) mass is 333 g/mol. The number of ketones is 1. The number of para-hydroxylation sites is 1. The molecular formula is C21H19NO3. The van der Waals surface area contributed by atoms with Crippen molar-refractivity contribution in [3.63, 3.8) is 0 Å². The van der Waals surface area contributed by atoms with Crippen LogP contribution in [0.4, 0.5) is 0 Å². The lowest BCUT2D eigenvalue weighted by Gasteiger charge is -2.22. The van der Waals surface area contributed by atoms with Crippen molar-refractivity contribution in [1.82, 2.24) is 4.57 Å². The van der Waals surface area contributed by atoms with E-state index in [4.69, 9.17) is 5.11 Å². The summed E-state index contributed by atoms with van der Waals surface area (Å²) in [7, 11) is 0. The van der Waals surface area contributed by atoms with E-state index in [0.29, 0.717) is 19.4 Å². The Bertz CT molecular complexity index is 956. The molecule has 0 spiro atoms. The highest BCUT2D eigenvalue weighted by molar-refractivity contribution is 6.10. The molecule has 1 aliphatic rings. The van der Waals surface area contributed by atoms with Crippen LogP contribution in [0.15, 0.2) is 54.6 Å². The summed E-state index contributed by atoms with van der Waals surface area (Å²) >= 11 is 0. The van der Waals surface area contributed by atoms with Crippen LogP contribution in [0.5, 0.6) is 0 Å². The van der Waals surface area contributed by atoms with Gasteiger partial charge in [-0.25, -0.2) is 0 Å². The fourth-order valence-electron chi connectivity index (χ4n) is 3.93. The van der Waals surface area contributed by atoms with Crippen LogP contribution < -0.4 is 0 Å². The van der Waals surface area contributed by atoms with Crippen molar-refractivity contribution in [3.8, 4) is 0 Å². The quantitative estimate of drug-likeness (QED) is 0.787. The first-order chi connectivity index (χ1) is 12.1. The summed E-state index contributed by atoms with van der Waals surface area (Å²) in [5.41, 5.74) is 3.97. The predicted molar refractivity (Wildman–Crippen MR) is 95.9 cm³/mol. The van der Waals surface area contributed by atoms with Crippen LogP contribution in [-0.4, -0.2) is 21.4 Å². The van der Waals surface area contributed by atoms with Crippen molar-refractivity contribution in [2.45, 2.75) is 25.8 Å². The Morgan fingerprint density at radius 2 is 1.76 bits per heavy atom. The smallest absolute Gasteiger partial charge is 0.303 e. The lowest BCUT2D eigenvalue weighted by Crippen LogP contribution is -2.23. The first-order valence-electron chi connectivity index (χ1n) is 8.52. The topological polar surface area (TPSA) is 59.3 Å². The maximum absolute atomic E-state index is 12.8. The third kappa shape index (κ3) is 2.84. The maximum Gasteiger partial charge on any atom is 0.303 e. The SMILES string of the molecule is O=C(O)CC1CC(=O)c2c(n(Cc3ccccc3)c3ccccc23)C1. The molecule has 1 atom stereocenters. The van der Waals surface area contributed by atoms with Gasteiger partial charge in [0.2, 0.25) is 0 Å². The fraction of sp³-hybridized carbons (Fsp3) is 0.238. The molecule has 1 N–H and O–H groups in total. The molecule has 1 unspecified atom stereocenters. The average Bonchev–Trinajstić information content (AvgIpc) is 2.90. The largest absolute Gasteiger partial charge is 0.481 e. The number of carboxylic acids is 1. The van der Waals surface area contributed by atoms with Crippen molar-refractivity contribution >= 4 is 22.7 Å². The molecule has 3 aromatic rings. The van der Waals surface area contributed by atoms with Crippen LogP contribution in [0.3, 0.4) is 0 Å². The molecule has 0 amide bonds. The van der Waals surface area contributed by atoms with E-state index in [2.05, 4.69) is 16.7 Å². The summed E-state index contributed by atoms with van der Waals surface area (Å²) in [6.07, 6.45) is 0.992. The lowest BCUT2D eigenvalue weighted by molar-refractivity contribution is -0.138. The number of benzene rings is 2. The number of aliphatic carboxylic acids is 1. The molecule has 2 aromatic carbocycles. The number of hydrogen-bond acceptors (Lipinski definition) is 2. The number of carbonyl (C=O) groups excluding carboxylic acids is 1. The second-order valence-corrected chi connectivity index (χ2v) is 6.71. The molecule has 1 heterocycles. The molecule has 4 heteroatoms. The van der Waals surface area contributed by atoms with Crippen LogP contribution in [0.2, 0.25) is 0 Å². The minimum atomic E-state index is -0.841. The van der Waals surface area contributed by atoms with Crippen LogP contribution >= 0.6 is 0 Å². The number of fused-ring (bicyclic) bond motifs is 3. The van der Waals surface area contributed by atoms with E-state index in [1.165, 1.54) is 5.56 Å². The van der Waals surface area contributed by atoms with E-state index in [-0.39, 0.29) is 18.1 Å². The number of rotatable bonds is 4. The summed E-state index contributed by atoms with van der Waals surface area (Å²) in [6, 6.07) is 18.1. The Morgan fingerprint density at radius 3 is 2.52 bits per heavy atom. The zero-order valence-electron chi connectivity index (χ0n) is 13.8. The van der Waals surface area contributed by atoms with E-state index in [9.17, 15) is 9.59 Å².